The first-order chi connectivity index (χ1) is 17.4. The van der Waals surface area contributed by atoms with Crippen LogP contribution in [0.4, 0.5) is 5.69 Å². The molecule has 0 radical (unpaired) electrons. The molecule has 0 spiro atoms. The van der Waals surface area contributed by atoms with E-state index in [1.807, 2.05) is 54.6 Å². The number of benzene rings is 4. The fourth-order valence-corrected chi connectivity index (χ4v) is 3.96. The van der Waals surface area contributed by atoms with Crippen LogP contribution in [0.3, 0.4) is 0 Å². The third kappa shape index (κ3) is 6.36. The third-order valence-electron chi connectivity index (χ3n) is 5.20. The maximum atomic E-state index is 12.6. The number of amides is 1. The lowest BCUT2D eigenvalue weighted by molar-refractivity contribution is -0.254. The number of rotatable bonds is 9. The van der Waals surface area contributed by atoms with E-state index >= 15 is 0 Å². The molecule has 1 amide bonds. The highest BCUT2D eigenvalue weighted by atomic mass is 35.5. The summed E-state index contributed by atoms with van der Waals surface area (Å²) >= 11 is 11.9. The van der Waals surface area contributed by atoms with Gasteiger partial charge >= 0.3 is 0 Å². The first kappa shape index (κ1) is 25.1. The van der Waals surface area contributed by atoms with Crippen molar-refractivity contribution in [2.24, 2.45) is 0 Å². The molecular weight excluding hydrogens is 501 g/mol. The van der Waals surface area contributed by atoms with Crippen LogP contribution in [0.25, 0.3) is 11.1 Å². The van der Waals surface area contributed by atoms with Crippen molar-refractivity contribution in [1.29, 1.82) is 0 Å². The summed E-state index contributed by atoms with van der Waals surface area (Å²) in [5.41, 5.74) is 2.08. The number of carbonyl (C=O) groups excluding carboxylic acids is 2. The molecule has 1 N–H and O–H groups in total. The Bertz CT molecular complexity index is 1390. The van der Waals surface area contributed by atoms with Gasteiger partial charge in [0.25, 0.3) is 5.91 Å². The van der Waals surface area contributed by atoms with Crippen LogP contribution in [0.5, 0.6) is 11.5 Å². The van der Waals surface area contributed by atoms with E-state index in [1.54, 1.807) is 6.07 Å². The van der Waals surface area contributed by atoms with Crippen LogP contribution in [0.1, 0.15) is 20.7 Å². The topological polar surface area (TPSA) is 87.7 Å². The summed E-state index contributed by atoms with van der Waals surface area (Å²) in [6.07, 6.45) is 0. The van der Waals surface area contributed by atoms with Gasteiger partial charge in [-0.1, -0.05) is 65.7 Å². The third-order valence-corrected chi connectivity index (χ3v) is 5.74. The van der Waals surface area contributed by atoms with Gasteiger partial charge in [-0.25, -0.2) is 0 Å². The van der Waals surface area contributed by atoms with E-state index in [1.165, 1.54) is 30.3 Å². The van der Waals surface area contributed by atoms with E-state index < -0.39 is 11.9 Å². The Morgan fingerprint density at radius 1 is 0.722 bits per heavy atom. The summed E-state index contributed by atoms with van der Waals surface area (Å²) in [6, 6.07) is 26.3. The second-order valence-electron chi connectivity index (χ2n) is 7.66. The summed E-state index contributed by atoms with van der Waals surface area (Å²) < 4.78 is 11.4. The average molecular weight is 521 g/mol. The van der Waals surface area contributed by atoms with Crippen LogP contribution in [-0.4, -0.2) is 25.1 Å². The molecule has 0 aliphatic heterocycles. The minimum atomic E-state index is -1.47. The van der Waals surface area contributed by atoms with Gasteiger partial charge in [0, 0.05) is 10.6 Å². The number of hydrogen-bond acceptors (Lipinski definition) is 5. The predicted molar refractivity (Wildman–Crippen MR) is 138 cm³/mol. The number of hydrogen-bond donors (Lipinski definition) is 1. The van der Waals surface area contributed by atoms with E-state index in [0.717, 1.165) is 11.1 Å². The Morgan fingerprint density at radius 2 is 1.42 bits per heavy atom. The fourth-order valence-electron chi connectivity index (χ4n) is 3.47. The van der Waals surface area contributed by atoms with Crippen LogP contribution in [-0.2, 0) is 0 Å². The molecule has 8 heteroatoms. The number of carboxylic acids is 1. The number of carbonyl (C=O) groups is 2. The van der Waals surface area contributed by atoms with Gasteiger partial charge in [-0.15, -0.1) is 0 Å². The Hall–Kier alpha value is -4.00. The Kier molecular flexibility index (Phi) is 8.10. The number of nitrogens with one attached hydrogen (secondary N) is 1. The zero-order valence-corrected chi connectivity index (χ0v) is 20.4. The molecule has 0 aliphatic carbocycles. The molecule has 4 rings (SSSR count). The van der Waals surface area contributed by atoms with Crippen molar-refractivity contribution >= 4 is 40.8 Å². The molecule has 0 saturated carbocycles. The van der Waals surface area contributed by atoms with Crippen molar-refractivity contribution < 1.29 is 24.2 Å². The molecule has 4 aromatic rings. The second-order valence-corrected chi connectivity index (χ2v) is 8.51. The van der Waals surface area contributed by atoms with E-state index in [-0.39, 0.29) is 35.1 Å². The maximum Gasteiger partial charge on any atom is 0.257 e. The largest absolute Gasteiger partial charge is 0.545 e. The second kappa shape index (κ2) is 11.6. The normalized spacial score (nSPS) is 10.5. The minimum Gasteiger partial charge on any atom is -0.545 e. The van der Waals surface area contributed by atoms with Gasteiger partial charge in [0.05, 0.1) is 22.2 Å². The zero-order valence-electron chi connectivity index (χ0n) is 18.9. The zero-order chi connectivity index (χ0) is 25.5. The van der Waals surface area contributed by atoms with Gasteiger partial charge in [-0.3, -0.25) is 4.79 Å². The van der Waals surface area contributed by atoms with E-state index in [4.69, 9.17) is 32.7 Å². The highest BCUT2D eigenvalue weighted by molar-refractivity contribution is 6.37. The summed E-state index contributed by atoms with van der Waals surface area (Å²) in [6.45, 7) is 0.417. The van der Waals surface area contributed by atoms with Gasteiger partial charge in [-0.2, -0.15) is 0 Å². The number of carboxylic acid groups (broad SMARTS) is 1. The van der Waals surface area contributed by atoms with Crippen molar-refractivity contribution in [3.8, 4) is 22.6 Å². The van der Waals surface area contributed by atoms with Crippen molar-refractivity contribution in [2.75, 3.05) is 18.5 Å². The van der Waals surface area contributed by atoms with Gasteiger partial charge in [0.15, 0.2) is 0 Å². The standard InChI is InChI=1S/C28H21Cl2NO5/c29-20-9-11-23(25(30)16-20)27(32)31-26-12-10-22(17-24(26)28(33)34)36-14-13-35-21-8-4-7-19(15-21)18-5-2-1-3-6-18/h1-12,15-17H,13-14H2,(H,31,32)(H,33,34)/p-1. The summed E-state index contributed by atoms with van der Waals surface area (Å²) in [5, 5.41) is 14.7. The SMILES string of the molecule is O=C(Nc1ccc(OCCOc2cccc(-c3ccccc3)c2)cc1C(=O)[O-])c1ccc(Cl)cc1Cl. The highest BCUT2D eigenvalue weighted by Crippen LogP contribution is 2.26. The van der Waals surface area contributed by atoms with Crippen LogP contribution < -0.4 is 19.9 Å². The van der Waals surface area contributed by atoms with Gasteiger partial charge in [-0.05, 0) is 59.7 Å². The first-order valence-corrected chi connectivity index (χ1v) is 11.7. The van der Waals surface area contributed by atoms with Crippen molar-refractivity contribution in [1.82, 2.24) is 0 Å². The molecule has 0 aromatic heterocycles. The van der Waals surface area contributed by atoms with Crippen LogP contribution >= 0.6 is 23.2 Å². The van der Waals surface area contributed by atoms with E-state index in [2.05, 4.69) is 5.32 Å². The molecule has 4 aromatic carbocycles. The number of halogens is 2. The van der Waals surface area contributed by atoms with Crippen LogP contribution in [0, 0.1) is 0 Å². The lowest BCUT2D eigenvalue weighted by Gasteiger charge is -2.15. The van der Waals surface area contributed by atoms with E-state index in [0.29, 0.717) is 16.5 Å². The van der Waals surface area contributed by atoms with Crippen LogP contribution in [0.2, 0.25) is 10.0 Å². The Labute approximate surface area is 218 Å². The van der Waals surface area contributed by atoms with Crippen molar-refractivity contribution in [3.05, 3.63) is 112 Å². The molecule has 0 saturated heterocycles. The fraction of sp³-hybridized carbons (Fsp3) is 0.0714. The number of ether oxygens (including phenoxy) is 2. The first-order valence-electron chi connectivity index (χ1n) is 10.9. The van der Waals surface area contributed by atoms with Crippen LogP contribution in [0.15, 0.2) is 91.0 Å². The van der Waals surface area contributed by atoms with Gasteiger partial charge < -0.3 is 24.7 Å². The number of anilines is 1. The molecule has 0 heterocycles. The summed E-state index contributed by atoms with van der Waals surface area (Å²) in [4.78, 5) is 24.2. The Balaban J connectivity index is 1.37. The average Bonchev–Trinajstić information content (AvgIpc) is 2.88. The summed E-state index contributed by atoms with van der Waals surface area (Å²) in [7, 11) is 0. The molecular formula is C28H20Cl2NO5-. The monoisotopic (exact) mass is 520 g/mol. The molecule has 0 aliphatic rings. The minimum absolute atomic E-state index is 0.0485. The summed E-state index contributed by atoms with van der Waals surface area (Å²) in [5.74, 6) is -1.07. The lowest BCUT2D eigenvalue weighted by Crippen LogP contribution is -2.25. The molecule has 0 bridgehead atoms. The van der Waals surface area contributed by atoms with Crippen molar-refractivity contribution in [3.63, 3.8) is 0 Å². The quantitative estimate of drug-likeness (QED) is 0.284. The molecule has 36 heavy (non-hydrogen) atoms. The highest BCUT2D eigenvalue weighted by Gasteiger charge is 2.14. The lowest BCUT2D eigenvalue weighted by atomic mass is 10.1. The molecule has 0 unspecified atom stereocenters. The molecule has 182 valence electrons. The van der Waals surface area contributed by atoms with E-state index in [9.17, 15) is 14.7 Å². The van der Waals surface area contributed by atoms with Gasteiger partial charge in [0.1, 0.15) is 24.7 Å². The predicted octanol–water partition coefficient (Wildman–Crippen LogP) is 5.73. The Morgan fingerprint density at radius 3 is 2.11 bits per heavy atom. The maximum absolute atomic E-state index is 12.6. The molecule has 0 atom stereocenters. The smallest absolute Gasteiger partial charge is 0.257 e. The number of aromatic carboxylic acids is 1. The molecule has 0 fully saturated rings. The van der Waals surface area contributed by atoms with Crippen molar-refractivity contribution in [2.45, 2.75) is 0 Å². The molecule has 6 nitrogen and oxygen atoms in total. The van der Waals surface area contributed by atoms with Gasteiger partial charge in [0.2, 0.25) is 0 Å².